The number of aromatic amines is 1. The fraction of sp³-hybridized carbons (Fsp3) is 0.100. The van der Waals surface area contributed by atoms with Crippen LogP contribution < -0.4 is 10.3 Å². The molecular weight excluding hydrogens is 334 g/mol. The zero-order valence-electron chi connectivity index (χ0n) is 13.8. The Kier molecular flexibility index (Phi) is 3.66. The van der Waals surface area contributed by atoms with Crippen LogP contribution >= 0.6 is 11.3 Å². The minimum Gasteiger partial charge on any atom is -0.496 e. The molecule has 0 radical (unpaired) electrons. The van der Waals surface area contributed by atoms with Crippen LogP contribution in [0.3, 0.4) is 0 Å². The van der Waals surface area contributed by atoms with E-state index >= 15 is 0 Å². The van der Waals surface area contributed by atoms with Crippen LogP contribution in [0.1, 0.15) is 17.3 Å². The number of thiophene rings is 1. The van der Waals surface area contributed by atoms with Gasteiger partial charge >= 0.3 is 0 Å². The van der Waals surface area contributed by atoms with Crippen molar-refractivity contribution >= 4 is 38.1 Å². The number of rotatable bonds is 3. The topological polar surface area (TPSA) is 59.2 Å². The molecule has 0 fully saturated rings. The highest BCUT2D eigenvalue weighted by Crippen LogP contribution is 2.40. The van der Waals surface area contributed by atoms with Gasteiger partial charge in [0, 0.05) is 27.4 Å². The number of carbonyl (C=O) groups excluding carboxylic acids is 1. The van der Waals surface area contributed by atoms with Crippen molar-refractivity contribution in [3.8, 4) is 16.9 Å². The average Bonchev–Trinajstić information content (AvgIpc) is 3.11. The van der Waals surface area contributed by atoms with Crippen LogP contribution in [0.4, 0.5) is 0 Å². The molecule has 4 rings (SSSR count). The number of fused-ring (bicyclic) bond motifs is 3. The van der Waals surface area contributed by atoms with Gasteiger partial charge in [0.05, 0.1) is 7.11 Å². The summed E-state index contributed by atoms with van der Waals surface area (Å²) in [5, 5.41) is 3.78. The first-order chi connectivity index (χ1) is 12.1. The van der Waals surface area contributed by atoms with E-state index in [4.69, 9.17) is 4.74 Å². The highest BCUT2D eigenvalue weighted by atomic mass is 32.1. The number of H-pyrrole nitrogens is 1. The van der Waals surface area contributed by atoms with Crippen molar-refractivity contribution in [2.75, 3.05) is 7.11 Å². The van der Waals surface area contributed by atoms with Gasteiger partial charge in [0.2, 0.25) is 0 Å². The predicted molar refractivity (Wildman–Crippen MR) is 102 cm³/mol. The first kappa shape index (κ1) is 15.6. The van der Waals surface area contributed by atoms with Crippen molar-refractivity contribution in [2.24, 2.45) is 0 Å². The Hall–Kier alpha value is -2.92. The van der Waals surface area contributed by atoms with E-state index in [1.165, 1.54) is 11.3 Å². The fourth-order valence-corrected chi connectivity index (χ4v) is 3.95. The maximum atomic E-state index is 12.3. The van der Waals surface area contributed by atoms with E-state index in [-0.39, 0.29) is 11.3 Å². The summed E-state index contributed by atoms with van der Waals surface area (Å²) in [6.07, 6.45) is 0. The van der Waals surface area contributed by atoms with Crippen molar-refractivity contribution in [2.45, 2.75) is 6.92 Å². The van der Waals surface area contributed by atoms with Gasteiger partial charge in [-0.3, -0.25) is 9.59 Å². The number of Topliss-reactive ketones (excluding diaryl/α,β-unsaturated/α-hetero) is 1. The maximum Gasteiger partial charge on any atom is 0.266 e. The van der Waals surface area contributed by atoms with Crippen molar-refractivity contribution < 1.29 is 9.53 Å². The molecule has 0 atom stereocenters. The number of hydrogen-bond acceptors (Lipinski definition) is 4. The smallest absolute Gasteiger partial charge is 0.266 e. The van der Waals surface area contributed by atoms with E-state index < -0.39 is 0 Å². The summed E-state index contributed by atoms with van der Waals surface area (Å²) >= 11 is 1.42. The Morgan fingerprint density at radius 3 is 2.52 bits per heavy atom. The lowest BCUT2D eigenvalue weighted by Crippen LogP contribution is -2.05. The third kappa shape index (κ3) is 2.44. The van der Waals surface area contributed by atoms with E-state index in [2.05, 4.69) is 4.98 Å². The Labute approximate surface area is 147 Å². The molecule has 2 heterocycles. The number of benzene rings is 2. The van der Waals surface area contributed by atoms with E-state index in [1.54, 1.807) is 14.0 Å². The number of carbonyl (C=O) groups is 1. The number of pyridine rings is 1. The third-order valence-corrected chi connectivity index (χ3v) is 5.27. The zero-order chi connectivity index (χ0) is 17.6. The molecule has 0 aliphatic rings. The molecule has 0 aliphatic carbocycles. The van der Waals surface area contributed by atoms with Crippen LogP contribution in [0.2, 0.25) is 0 Å². The number of aromatic nitrogens is 1. The standard InChI is InChI=1S/C20H15NO3S/c1-11(22)12-3-5-13(6-4-12)17-16(24-2)8-7-15-18(17)14-9-10-25-19(14)20(23)21-15/h3-10H,1-2H3,(H,21,23). The number of nitrogens with one attached hydrogen (secondary N) is 1. The summed E-state index contributed by atoms with van der Waals surface area (Å²) in [5.74, 6) is 0.753. The van der Waals surface area contributed by atoms with Crippen LogP contribution in [0.15, 0.2) is 52.6 Å². The third-order valence-electron chi connectivity index (χ3n) is 4.36. The molecule has 2 aromatic heterocycles. The Morgan fingerprint density at radius 1 is 1.08 bits per heavy atom. The molecule has 25 heavy (non-hydrogen) atoms. The lowest BCUT2D eigenvalue weighted by Gasteiger charge is -2.13. The van der Waals surface area contributed by atoms with E-state index in [0.717, 1.165) is 33.2 Å². The van der Waals surface area contributed by atoms with Crippen molar-refractivity contribution in [3.63, 3.8) is 0 Å². The van der Waals surface area contributed by atoms with Gasteiger partial charge in [0.25, 0.3) is 5.56 Å². The molecule has 0 aliphatic heterocycles. The molecule has 2 aromatic carbocycles. The van der Waals surface area contributed by atoms with Crippen molar-refractivity contribution in [1.29, 1.82) is 0 Å². The molecule has 4 aromatic rings. The largest absolute Gasteiger partial charge is 0.496 e. The minimum absolute atomic E-state index is 0.0287. The summed E-state index contributed by atoms with van der Waals surface area (Å²) in [5.41, 5.74) is 3.20. The van der Waals surface area contributed by atoms with Gasteiger partial charge < -0.3 is 9.72 Å². The zero-order valence-corrected chi connectivity index (χ0v) is 14.6. The molecule has 4 nitrogen and oxygen atoms in total. The monoisotopic (exact) mass is 349 g/mol. The number of ketones is 1. The first-order valence-electron chi connectivity index (χ1n) is 7.81. The van der Waals surface area contributed by atoms with Crippen LogP contribution in [0, 0.1) is 0 Å². The quantitative estimate of drug-likeness (QED) is 0.549. The molecule has 0 saturated heterocycles. The van der Waals surface area contributed by atoms with Gasteiger partial charge in [-0.05, 0) is 36.1 Å². The Balaban J connectivity index is 2.12. The molecule has 1 N–H and O–H groups in total. The van der Waals surface area contributed by atoms with Gasteiger partial charge in [-0.2, -0.15) is 0 Å². The molecule has 0 saturated carbocycles. The van der Waals surface area contributed by atoms with Crippen LogP contribution in [0.25, 0.3) is 32.1 Å². The van der Waals surface area contributed by atoms with Crippen LogP contribution in [0.5, 0.6) is 5.75 Å². The first-order valence-corrected chi connectivity index (χ1v) is 8.69. The second kappa shape index (κ2) is 5.86. The van der Waals surface area contributed by atoms with Crippen molar-refractivity contribution in [3.05, 3.63) is 63.8 Å². The van der Waals surface area contributed by atoms with Gasteiger partial charge in [-0.15, -0.1) is 11.3 Å². The lowest BCUT2D eigenvalue weighted by molar-refractivity contribution is 0.101. The minimum atomic E-state index is -0.0828. The fourth-order valence-electron chi connectivity index (χ4n) is 3.16. The summed E-state index contributed by atoms with van der Waals surface area (Å²) in [4.78, 5) is 26.8. The van der Waals surface area contributed by atoms with Crippen molar-refractivity contribution in [1.82, 2.24) is 4.98 Å². The normalized spacial score (nSPS) is 11.1. The van der Waals surface area contributed by atoms with E-state index in [1.807, 2.05) is 47.8 Å². The van der Waals surface area contributed by atoms with Gasteiger partial charge in [-0.1, -0.05) is 24.3 Å². The van der Waals surface area contributed by atoms with Gasteiger partial charge in [0.15, 0.2) is 5.78 Å². The summed E-state index contributed by atoms with van der Waals surface area (Å²) < 4.78 is 6.28. The molecule has 5 heteroatoms. The maximum absolute atomic E-state index is 12.3. The highest BCUT2D eigenvalue weighted by Gasteiger charge is 2.16. The average molecular weight is 349 g/mol. The number of methoxy groups -OCH3 is 1. The summed E-state index contributed by atoms with van der Waals surface area (Å²) in [7, 11) is 1.63. The molecule has 0 unspecified atom stereocenters. The summed E-state index contributed by atoms with van der Waals surface area (Å²) in [6, 6.07) is 13.1. The second-order valence-corrected chi connectivity index (χ2v) is 6.73. The molecule has 0 bridgehead atoms. The SMILES string of the molecule is COc1ccc2[nH]c(=O)c3sccc3c2c1-c1ccc(C(C)=O)cc1. The molecular formula is C20H15NO3S. The molecule has 0 amide bonds. The Morgan fingerprint density at radius 2 is 1.84 bits per heavy atom. The number of hydrogen-bond donors (Lipinski definition) is 1. The van der Waals surface area contributed by atoms with E-state index in [0.29, 0.717) is 10.3 Å². The van der Waals surface area contributed by atoms with E-state index in [9.17, 15) is 9.59 Å². The lowest BCUT2D eigenvalue weighted by atomic mass is 9.96. The molecule has 0 spiro atoms. The van der Waals surface area contributed by atoms with Crippen LogP contribution in [-0.4, -0.2) is 17.9 Å². The van der Waals surface area contributed by atoms with Gasteiger partial charge in [-0.25, -0.2) is 0 Å². The molecule has 124 valence electrons. The van der Waals surface area contributed by atoms with Crippen LogP contribution in [-0.2, 0) is 0 Å². The second-order valence-electron chi connectivity index (χ2n) is 5.82. The Bertz CT molecular complexity index is 1170. The van der Waals surface area contributed by atoms with Gasteiger partial charge in [0.1, 0.15) is 10.4 Å². The highest BCUT2D eigenvalue weighted by molar-refractivity contribution is 7.17. The number of ether oxygens (including phenoxy) is 1. The predicted octanol–water partition coefficient (Wildman–Crippen LogP) is 4.62. The summed E-state index contributed by atoms with van der Waals surface area (Å²) in [6.45, 7) is 1.55.